The summed E-state index contributed by atoms with van der Waals surface area (Å²) in [6.45, 7) is 3.93. The molecule has 0 unspecified atom stereocenters. The largest absolute Gasteiger partial charge is 0.497 e. The molecule has 0 aliphatic heterocycles. The Morgan fingerprint density at radius 3 is 2.67 bits per heavy atom. The van der Waals surface area contributed by atoms with Gasteiger partial charge in [0.1, 0.15) is 17.4 Å². The number of H-pyrrole nitrogens is 1. The van der Waals surface area contributed by atoms with E-state index in [9.17, 15) is 10.1 Å². The monoisotopic (exact) mass is 361 g/mol. The molecular weight excluding hydrogens is 342 g/mol. The van der Waals surface area contributed by atoms with Gasteiger partial charge in [-0.15, -0.1) is 0 Å². The number of carbonyl (C=O) groups is 1. The molecule has 0 atom stereocenters. The van der Waals surface area contributed by atoms with E-state index in [0.29, 0.717) is 5.69 Å². The summed E-state index contributed by atoms with van der Waals surface area (Å²) in [5.41, 5.74) is 4.24. The fraction of sp³-hybridized carbons (Fsp3) is 0.150. The quantitative estimate of drug-likeness (QED) is 0.538. The van der Waals surface area contributed by atoms with E-state index in [2.05, 4.69) is 20.1 Å². The van der Waals surface area contributed by atoms with Gasteiger partial charge in [0, 0.05) is 23.3 Å². The molecule has 3 aromatic rings. The van der Waals surface area contributed by atoms with Gasteiger partial charge >= 0.3 is 0 Å². The zero-order valence-electron chi connectivity index (χ0n) is 15.3. The van der Waals surface area contributed by atoms with E-state index in [0.717, 1.165) is 28.4 Å². The van der Waals surface area contributed by atoms with Crippen LogP contribution in [-0.4, -0.2) is 27.8 Å². The lowest BCUT2D eigenvalue weighted by atomic mass is 10.1. The maximum absolute atomic E-state index is 12.3. The van der Waals surface area contributed by atoms with Crippen LogP contribution in [0.5, 0.6) is 5.75 Å². The van der Waals surface area contributed by atoms with Crippen LogP contribution >= 0.6 is 0 Å². The molecule has 2 heterocycles. The third-order valence-electron chi connectivity index (χ3n) is 4.22. The Kier molecular flexibility index (Phi) is 5.08. The Hall–Kier alpha value is -3.79. The zero-order chi connectivity index (χ0) is 19.4. The van der Waals surface area contributed by atoms with Crippen LogP contribution in [0.1, 0.15) is 17.0 Å². The summed E-state index contributed by atoms with van der Waals surface area (Å²) in [5, 5.41) is 18.4. The SMILES string of the molecule is COc1ccc(-n2c(C)cc(/C=C(\C#N)C(=O)Nc3cn[nH]c3)c2C)cc1. The summed E-state index contributed by atoms with van der Waals surface area (Å²) in [5.74, 6) is 0.303. The van der Waals surface area contributed by atoms with Gasteiger partial charge in [0.15, 0.2) is 0 Å². The molecule has 27 heavy (non-hydrogen) atoms. The van der Waals surface area contributed by atoms with Gasteiger partial charge in [0.2, 0.25) is 0 Å². The first-order valence-corrected chi connectivity index (χ1v) is 8.28. The number of carbonyl (C=O) groups excluding carboxylic acids is 1. The predicted molar refractivity (Wildman–Crippen MR) is 103 cm³/mol. The number of hydrogen-bond acceptors (Lipinski definition) is 4. The highest BCUT2D eigenvalue weighted by Gasteiger charge is 2.14. The number of aromatic amines is 1. The number of nitrogens with one attached hydrogen (secondary N) is 2. The van der Waals surface area contributed by atoms with Crippen LogP contribution in [0, 0.1) is 25.2 Å². The van der Waals surface area contributed by atoms with Crippen molar-refractivity contribution in [3.8, 4) is 17.5 Å². The lowest BCUT2D eigenvalue weighted by molar-refractivity contribution is -0.112. The van der Waals surface area contributed by atoms with Gasteiger partial charge in [-0.2, -0.15) is 10.4 Å². The molecular formula is C20H19N5O2. The van der Waals surface area contributed by atoms with Crippen molar-refractivity contribution in [2.45, 2.75) is 13.8 Å². The summed E-state index contributed by atoms with van der Waals surface area (Å²) in [4.78, 5) is 12.3. The second kappa shape index (κ2) is 7.62. The minimum absolute atomic E-state index is 0.0196. The number of benzene rings is 1. The summed E-state index contributed by atoms with van der Waals surface area (Å²) < 4.78 is 7.27. The number of amides is 1. The molecule has 0 aliphatic rings. The predicted octanol–water partition coefficient (Wildman–Crippen LogP) is 3.37. The van der Waals surface area contributed by atoms with Gasteiger partial charge in [0.05, 0.1) is 19.0 Å². The molecule has 0 aliphatic carbocycles. The Morgan fingerprint density at radius 2 is 2.07 bits per heavy atom. The van der Waals surface area contributed by atoms with Crippen LogP contribution in [0.25, 0.3) is 11.8 Å². The number of aromatic nitrogens is 3. The van der Waals surface area contributed by atoms with Gasteiger partial charge in [-0.1, -0.05) is 0 Å². The van der Waals surface area contributed by atoms with E-state index in [4.69, 9.17) is 4.74 Å². The first-order valence-electron chi connectivity index (χ1n) is 8.28. The van der Waals surface area contributed by atoms with E-state index < -0.39 is 5.91 Å². The molecule has 0 saturated heterocycles. The first kappa shape index (κ1) is 18.0. The van der Waals surface area contributed by atoms with E-state index in [-0.39, 0.29) is 5.57 Å². The van der Waals surface area contributed by atoms with Gasteiger partial charge in [-0.25, -0.2) is 0 Å². The smallest absolute Gasteiger partial charge is 0.266 e. The lowest BCUT2D eigenvalue weighted by Gasteiger charge is -2.10. The van der Waals surface area contributed by atoms with Crippen molar-refractivity contribution in [2.75, 3.05) is 12.4 Å². The van der Waals surface area contributed by atoms with Crippen LogP contribution in [0.15, 0.2) is 48.3 Å². The molecule has 2 aromatic heterocycles. The minimum atomic E-state index is -0.479. The van der Waals surface area contributed by atoms with E-state index >= 15 is 0 Å². The fourth-order valence-electron chi connectivity index (χ4n) is 2.88. The molecule has 0 bridgehead atoms. The molecule has 0 saturated carbocycles. The molecule has 0 spiro atoms. The highest BCUT2D eigenvalue weighted by molar-refractivity contribution is 6.09. The van der Waals surface area contributed by atoms with Crippen LogP contribution in [0.3, 0.4) is 0 Å². The minimum Gasteiger partial charge on any atom is -0.497 e. The number of nitrogens with zero attached hydrogens (tertiary/aromatic N) is 3. The number of ether oxygens (including phenoxy) is 1. The molecule has 7 nitrogen and oxygen atoms in total. The summed E-state index contributed by atoms with van der Waals surface area (Å²) >= 11 is 0. The second-order valence-corrected chi connectivity index (χ2v) is 5.97. The van der Waals surface area contributed by atoms with E-state index in [1.165, 1.54) is 6.20 Å². The zero-order valence-corrected chi connectivity index (χ0v) is 15.3. The van der Waals surface area contributed by atoms with Crippen molar-refractivity contribution in [3.05, 3.63) is 65.2 Å². The van der Waals surface area contributed by atoms with Gasteiger partial charge in [0.25, 0.3) is 5.91 Å². The Labute approximate surface area is 156 Å². The van der Waals surface area contributed by atoms with Crippen molar-refractivity contribution >= 4 is 17.7 Å². The molecule has 0 radical (unpaired) electrons. The van der Waals surface area contributed by atoms with Crippen LogP contribution in [0.4, 0.5) is 5.69 Å². The first-order chi connectivity index (χ1) is 13.0. The number of aryl methyl sites for hydroxylation is 1. The Morgan fingerprint density at radius 1 is 1.33 bits per heavy atom. The third-order valence-corrected chi connectivity index (χ3v) is 4.22. The lowest BCUT2D eigenvalue weighted by Crippen LogP contribution is -2.12. The molecule has 1 aromatic carbocycles. The number of anilines is 1. The maximum Gasteiger partial charge on any atom is 0.266 e. The van der Waals surface area contributed by atoms with Crippen molar-refractivity contribution in [1.82, 2.24) is 14.8 Å². The second-order valence-electron chi connectivity index (χ2n) is 5.97. The highest BCUT2D eigenvalue weighted by Crippen LogP contribution is 2.24. The van der Waals surface area contributed by atoms with E-state index in [1.807, 2.05) is 50.2 Å². The van der Waals surface area contributed by atoms with Gasteiger partial charge in [-0.05, 0) is 55.8 Å². The Bertz CT molecular complexity index is 1020. The Balaban J connectivity index is 1.93. The summed E-state index contributed by atoms with van der Waals surface area (Å²) in [6, 6.07) is 11.6. The fourth-order valence-corrected chi connectivity index (χ4v) is 2.88. The number of methoxy groups -OCH3 is 1. The van der Waals surface area contributed by atoms with E-state index in [1.54, 1.807) is 19.4 Å². The normalized spacial score (nSPS) is 11.1. The van der Waals surface area contributed by atoms with Crippen molar-refractivity contribution < 1.29 is 9.53 Å². The molecule has 1 amide bonds. The van der Waals surface area contributed by atoms with Gasteiger partial charge in [-0.3, -0.25) is 9.89 Å². The van der Waals surface area contributed by atoms with Crippen molar-refractivity contribution in [3.63, 3.8) is 0 Å². The average molecular weight is 361 g/mol. The molecule has 136 valence electrons. The van der Waals surface area contributed by atoms with Crippen molar-refractivity contribution in [2.24, 2.45) is 0 Å². The number of hydrogen-bond donors (Lipinski definition) is 2. The highest BCUT2D eigenvalue weighted by atomic mass is 16.5. The third kappa shape index (κ3) is 3.75. The molecule has 2 N–H and O–H groups in total. The standard InChI is InChI=1S/C20H19N5O2/c1-13-8-15(9-16(10-21)20(26)24-17-11-22-23-12-17)14(2)25(13)18-4-6-19(27-3)7-5-18/h4-9,11-12H,1-3H3,(H,22,23)(H,24,26)/b16-9+. The molecule has 3 rings (SSSR count). The topological polar surface area (TPSA) is 95.7 Å². The summed E-state index contributed by atoms with van der Waals surface area (Å²) in [7, 11) is 1.63. The average Bonchev–Trinajstić information content (AvgIpc) is 3.27. The van der Waals surface area contributed by atoms with Crippen LogP contribution < -0.4 is 10.1 Å². The van der Waals surface area contributed by atoms with Crippen LogP contribution in [0.2, 0.25) is 0 Å². The number of rotatable bonds is 5. The van der Waals surface area contributed by atoms with Crippen LogP contribution in [-0.2, 0) is 4.79 Å². The van der Waals surface area contributed by atoms with Crippen molar-refractivity contribution in [1.29, 1.82) is 5.26 Å². The molecule has 7 heteroatoms. The summed E-state index contributed by atoms with van der Waals surface area (Å²) in [6.07, 6.45) is 4.61. The number of nitriles is 1. The molecule has 0 fully saturated rings. The van der Waals surface area contributed by atoms with Gasteiger partial charge < -0.3 is 14.6 Å². The maximum atomic E-state index is 12.3.